The Balaban J connectivity index is 2.03. The summed E-state index contributed by atoms with van der Waals surface area (Å²) in [6.45, 7) is 2.62. The molecule has 0 aromatic heterocycles. The predicted octanol–water partition coefficient (Wildman–Crippen LogP) is 4.64. The van der Waals surface area contributed by atoms with Crippen molar-refractivity contribution in [3.05, 3.63) is 108 Å². The molecule has 3 aromatic carbocycles. The fraction of sp³-hybridized carbons (Fsp3) is 0.208. The molecule has 1 heterocycles. The van der Waals surface area contributed by atoms with Gasteiger partial charge in [-0.25, -0.2) is 0 Å². The molecule has 1 saturated heterocycles. The highest BCUT2D eigenvalue weighted by molar-refractivity contribution is 5.83. The maximum atomic E-state index is 12.3. The largest absolute Gasteiger partial charge is 0.298 e. The number of Topliss-reactive ketones (excluding diaryl/α,β-unsaturated/α-hetero) is 1. The van der Waals surface area contributed by atoms with Crippen LogP contribution in [0.25, 0.3) is 0 Å². The lowest BCUT2D eigenvalue weighted by Gasteiger charge is -2.54. The van der Waals surface area contributed by atoms with E-state index in [0.29, 0.717) is 0 Å². The molecule has 3 aromatic rings. The molecule has 0 bridgehead atoms. The third-order valence-corrected chi connectivity index (χ3v) is 5.49. The summed E-state index contributed by atoms with van der Waals surface area (Å²) in [6, 6.07) is 31.6. The van der Waals surface area contributed by atoms with E-state index in [1.165, 1.54) is 16.7 Å². The number of hydrogen-bond donors (Lipinski definition) is 0. The number of rotatable bonds is 5. The molecular formula is C24H23NO. The van der Waals surface area contributed by atoms with Gasteiger partial charge >= 0.3 is 0 Å². The van der Waals surface area contributed by atoms with E-state index in [2.05, 4.69) is 77.7 Å². The number of carbonyl (C=O) groups is 1. The Bertz CT molecular complexity index is 777. The van der Waals surface area contributed by atoms with Gasteiger partial charge in [0.15, 0.2) is 0 Å². The van der Waals surface area contributed by atoms with Crippen LogP contribution in [0.3, 0.4) is 0 Å². The maximum Gasteiger partial charge on any atom is 0.146 e. The lowest BCUT2D eigenvalue weighted by molar-refractivity contribution is -0.129. The van der Waals surface area contributed by atoms with Crippen LogP contribution in [0.2, 0.25) is 0 Å². The Labute approximate surface area is 155 Å². The molecule has 130 valence electrons. The van der Waals surface area contributed by atoms with E-state index in [0.717, 1.165) is 13.0 Å². The van der Waals surface area contributed by atoms with Crippen LogP contribution in [-0.4, -0.2) is 23.3 Å². The van der Waals surface area contributed by atoms with Crippen molar-refractivity contribution in [2.24, 2.45) is 0 Å². The van der Waals surface area contributed by atoms with Crippen LogP contribution in [0.4, 0.5) is 0 Å². The zero-order chi connectivity index (χ0) is 18.0. The van der Waals surface area contributed by atoms with Gasteiger partial charge in [-0.2, -0.15) is 0 Å². The molecule has 0 amide bonds. The third-order valence-electron chi connectivity index (χ3n) is 5.49. The van der Waals surface area contributed by atoms with Gasteiger partial charge in [0.2, 0.25) is 0 Å². The lowest BCUT2D eigenvalue weighted by Crippen LogP contribution is -2.62. The highest BCUT2D eigenvalue weighted by Crippen LogP contribution is 2.46. The fourth-order valence-electron chi connectivity index (χ4n) is 4.25. The summed E-state index contributed by atoms with van der Waals surface area (Å²) < 4.78 is 0. The molecule has 0 radical (unpaired) electrons. The summed E-state index contributed by atoms with van der Waals surface area (Å²) in [5.41, 5.74) is 3.13. The molecule has 0 unspecified atom stereocenters. The first-order valence-corrected chi connectivity index (χ1v) is 9.18. The quantitative estimate of drug-likeness (QED) is 0.630. The van der Waals surface area contributed by atoms with Crippen LogP contribution in [0, 0.1) is 0 Å². The van der Waals surface area contributed by atoms with Crippen molar-refractivity contribution in [1.29, 1.82) is 0 Å². The van der Waals surface area contributed by atoms with Gasteiger partial charge in [-0.05, 0) is 30.0 Å². The van der Waals surface area contributed by atoms with Gasteiger partial charge < -0.3 is 0 Å². The van der Waals surface area contributed by atoms with E-state index < -0.39 is 5.54 Å². The van der Waals surface area contributed by atoms with Crippen LogP contribution in [0.1, 0.15) is 30.0 Å². The molecule has 0 saturated carbocycles. The van der Waals surface area contributed by atoms with Crippen LogP contribution >= 0.6 is 0 Å². The van der Waals surface area contributed by atoms with Gasteiger partial charge in [0.25, 0.3) is 0 Å². The first kappa shape index (κ1) is 16.7. The zero-order valence-electron chi connectivity index (χ0n) is 15.0. The van der Waals surface area contributed by atoms with E-state index in [1.807, 2.05) is 18.2 Å². The summed E-state index contributed by atoms with van der Waals surface area (Å²) in [5, 5.41) is 0. The molecule has 0 aliphatic carbocycles. The number of ketones is 1. The highest BCUT2D eigenvalue weighted by Gasteiger charge is 2.49. The second-order valence-electron chi connectivity index (χ2n) is 6.92. The van der Waals surface area contributed by atoms with Gasteiger partial charge in [0, 0.05) is 6.54 Å². The lowest BCUT2D eigenvalue weighted by atomic mass is 9.72. The van der Waals surface area contributed by atoms with Crippen molar-refractivity contribution < 1.29 is 4.79 Å². The number of hydrogen-bond acceptors (Lipinski definition) is 2. The van der Waals surface area contributed by atoms with Crippen LogP contribution in [0.5, 0.6) is 0 Å². The maximum absolute atomic E-state index is 12.3. The minimum absolute atomic E-state index is 0.0457. The van der Waals surface area contributed by atoms with E-state index in [-0.39, 0.29) is 11.8 Å². The van der Waals surface area contributed by atoms with Gasteiger partial charge in [0.05, 0.1) is 11.6 Å². The number of likely N-dealkylation sites (tertiary alicyclic amines) is 1. The molecule has 2 nitrogen and oxygen atoms in total. The average Bonchev–Trinajstić information content (AvgIpc) is 2.66. The van der Waals surface area contributed by atoms with Crippen molar-refractivity contribution in [2.45, 2.75) is 24.9 Å². The molecular weight excluding hydrogens is 318 g/mol. The summed E-state index contributed by atoms with van der Waals surface area (Å²) in [5.74, 6) is 0.239. The van der Waals surface area contributed by atoms with E-state index >= 15 is 0 Å². The van der Waals surface area contributed by atoms with Crippen molar-refractivity contribution in [1.82, 2.24) is 4.90 Å². The van der Waals surface area contributed by atoms with E-state index in [4.69, 9.17) is 0 Å². The SMILES string of the molecule is CC(=O)[C@@H]1CCN1C(c1ccccc1)(c1ccccc1)c1ccccc1. The molecule has 26 heavy (non-hydrogen) atoms. The van der Waals surface area contributed by atoms with E-state index in [9.17, 15) is 4.79 Å². The molecule has 4 rings (SSSR count). The Hall–Kier alpha value is -2.71. The molecule has 1 atom stereocenters. The van der Waals surface area contributed by atoms with E-state index in [1.54, 1.807) is 6.92 Å². The summed E-state index contributed by atoms with van der Waals surface area (Å²) in [4.78, 5) is 14.7. The summed E-state index contributed by atoms with van der Waals surface area (Å²) in [6.07, 6.45) is 0.920. The Kier molecular flexibility index (Phi) is 4.44. The summed E-state index contributed by atoms with van der Waals surface area (Å²) in [7, 11) is 0. The standard InChI is InChI=1S/C24H23NO/c1-19(26)23-17-18-25(23)24(20-11-5-2-6-12-20,21-13-7-3-8-14-21)22-15-9-4-10-16-22/h2-16,23H,17-18H2,1H3/t23-/m0/s1. The first-order valence-electron chi connectivity index (χ1n) is 9.18. The summed E-state index contributed by atoms with van der Waals surface area (Å²) >= 11 is 0. The van der Waals surface area contributed by atoms with Crippen molar-refractivity contribution in [3.63, 3.8) is 0 Å². The second kappa shape index (κ2) is 6.89. The van der Waals surface area contributed by atoms with Crippen molar-refractivity contribution >= 4 is 5.78 Å². The Morgan fingerprint density at radius 2 is 1.15 bits per heavy atom. The monoisotopic (exact) mass is 341 g/mol. The van der Waals surface area contributed by atoms with Crippen molar-refractivity contribution in [3.8, 4) is 0 Å². The number of benzene rings is 3. The van der Waals surface area contributed by atoms with Gasteiger partial charge in [-0.1, -0.05) is 91.0 Å². The molecule has 1 aliphatic heterocycles. The predicted molar refractivity (Wildman–Crippen MR) is 105 cm³/mol. The third kappa shape index (κ3) is 2.58. The van der Waals surface area contributed by atoms with Gasteiger partial charge in [-0.15, -0.1) is 0 Å². The van der Waals surface area contributed by atoms with Crippen LogP contribution in [-0.2, 0) is 10.3 Å². The smallest absolute Gasteiger partial charge is 0.146 e. The van der Waals surface area contributed by atoms with Gasteiger partial charge in [-0.3, -0.25) is 9.69 Å². The minimum Gasteiger partial charge on any atom is -0.298 e. The fourth-order valence-corrected chi connectivity index (χ4v) is 4.25. The Morgan fingerprint density at radius 1 is 0.769 bits per heavy atom. The number of carbonyl (C=O) groups excluding carboxylic acids is 1. The second-order valence-corrected chi connectivity index (χ2v) is 6.92. The molecule has 2 heteroatoms. The molecule has 1 fully saturated rings. The molecule has 0 N–H and O–H groups in total. The minimum atomic E-state index is -0.460. The highest BCUT2D eigenvalue weighted by atomic mass is 16.1. The number of nitrogens with zero attached hydrogens (tertiary/aromatic N) is 1. The first-order chi connectivity index (χ1) is 12.7. The van der Waals surface area contributed by atoms with Crippen LogP contribution < -0.4 is 0 Å². The topological polar surface area (TPSA) is 20.3 Å². The Morgan fingerprint density at radius 3 is 1.42 bits per heavy atom. The normalized spacial score (nSPS) is 17.5. The van der Waals surface area contributed by atoms with Gasteiger partial charge in [0.1, 0.15) is 5.78 Å². The van der Waals surface area contributed by atoms with Crippen molar-refractivity contribution in [2.75, 3.05) is 6.54 Å². The average molecular weight is 341 g/mol. The van der Waals surface area contributed by atoms with Crippen LogP contribution in [0.15, 0.2) is 91.0 Å². The molecule has 0 spiro atoms. The molecule has 1 aliphatic rings. The zero-order valence-corrected chi connectivity index (χ0v) is 15.0.